The maximum atomic E-state index is 12.5. The van der Waals surface area contributed by atoms with Gasteiger partial charge in [0.1, 0.15) is 0 Å². The second kappa shape index (κ2) is 9.87. The Kier molecular flexibility index (Phi) is 6.97. The fourth-order valence-corrected chi connectivity index (χ4v) is 4.40. The lowest BCUT2D eigenvalue weighted by atomic mass is 10.2. The average molecular weight is 534 g/mol. The van der Waals surface area contributed by atoms with Crippen LogP contribution < -0.4 is 5.32 Å². The van der Waals surface area contributed by atoms with Gasteiger partial charge in [0.2, 0.25) is 5.91 Å². The molecule has 31 heavy (non-hydrogen) atoms. The maximum Gasteiger partial charge on any atom is 0.234 e. The lowest BCUT2D eigenvalue weighted by Gasteiger charge is -2.11. The zero-order valence-electron chi connectivity index (χ0n) is 15.9. The van der Waals surface area contributed by atoms with E-state index in [1.807, 2.05) is 59.2 Å². The topological polar surface area (TPSA) is 59.8 Å². The van der Waals surface area contributed by atoms with Gasteiger partial charge in [-0.2, -0.15) is 0 Å². The minimum absolute atomic E-state index is 0.154. The highest BCUT2D eigenvalue weighted by molar-refractivity contribution is 9.10. The lowest BCUT2D eigenvalue weighted by molar-refractivity contribution is -0.113. The van der Waals surface area contributed by atoms with E-state index >= 15 is 0 Å². The van der Waals surface area contributed by atoms with Crippen molar-refractivity contribution < 1.29 is 4.79 Å². The number of para-hydroxylation sites is 1. The molecule has 0 bridgehead atoms. The predicted molar refractivity (Wildman–Crippen MR) is 130 cm³/mol. The van der Waals surface area contributed by atoms with E-state index in [4.69, 9.17) is 23.2 Å². The second-order valence-corrected chi connectivity index (χ2v) is 9.03. The third-order valence-corrected chi connectivity index (χ3v) is 6.66. The van der Waals surface area contributed by atoms with Crippen LogP contribution in [0.5, 0.6) is 0 Å². The molecule has 4 rings (SSSR count). The standard InChI is InChI=1S/C22H15BrCl2N4OS/c23-17-9-5-4-8-16(17)21-27-28-22(29(21)15-6-2-1-3-7-15)31-13-20(30)26-14-10-11-18(24)19(25)12-14/h1-12H,13H2,(H,26,30). The van der Waals surface area contributed by atoms with Crippen LogP contribution in [-0.2, 0) is 4.79 Å². The molecule has 4 aromatic rings. The monoisotopic (exact) mass is 532 g/mol. The highest BCUT2D eigenvalue weighted by Crippen LogP contribution is 2.32. The van der Waals surface area contributed by atoms with Crippen LogP contribution in [0.15, 0.2) is 82.4 Å². The molecule has 9 heteroatoms. The Hall–Kier alpha value is -2.32. The molecule has 0 fully saturated rings. The van der Waals surface area contributed by atoms with Gasteiger partial charge in [-0.25, -0.2) is 0 Å². The predicted octanol–water partition coefficient (Wildman–Crippen LogP) is 6.73. The number of hydrogen-bond acceptors (Lipinski definition) is 4. The fraction of sp³-hybridized carbons (Fsp3) is 0.0455. The number of carbonyl (C=O) groups excluding carboxylic acids is 1. The van der Waals surface area contributed by atoms with E-state index in [1.54, 1.807) is 18.2 Å². The lowest BCUT2D eigenvalue weighted by Crippen LogP contribution is -2.14. The number of halogens is 3. The van der Waals surface area contributed by atoms with Gasteiger partial charge in [-0.15, -0.1) is 10.2 Å². The van der Waals surface area contributed by atoms with E-state index in [2.05, 4.69) is 31.4 Å². The number of aromatic nitrogens is 3. The van der Waals surface area contributed by atoms with Crippen LogP contribution in [-0.4, -0.2) is 26.4 Å². The highest BCUT2D eigenvalue weighted by atomic mass is 79.9. The molecular formula is C22H15BrCl2N4OS. The highest BCUT2D eigenvalue weighted by Gasteiger charge is 2.18. The molecule has 156 valence electrons. The third kappa shape index (κ3) is 5.13. The molecule has 1 heterocycles. The van der Waals surface area contributed by atoms with Crippen molar-refractivity contribution in [1.82, 2.24) is 14.8 Å². The van der Waals surface area contributed by atoms with Gasteiger partial charge >= 0.3 is 0 Å². The Bertz CT molecular complexity index is 1230. The summed E-state index contributed by atoms with van der Waals surface area (Å²) in [6, 6.07) is 22.6. The first-order chi connectivity index (χ1) is 15.0. The van der Waals surface area contributed by atoms with Crippen LogP contribution in [0.25, 0.3) is 17.1 Å². The Labute approximate surface area is 201 Å². The Morgan fingerprint density at radius 1 is 0.968 bits per heavy atom. The number of nitrogens with zero attached hydrogens (tertiary/aromatic N) is 3. The molecule has 0 radical (unpaired) electrons. The Balaban J connectivity index is 1.59. The third-order valence-electron chi connectivity index (χ3n) is 4.30. The molecule has 5 nitrogen and oxygen atoms in total. The minimum Gasteiger partial charge on any atom is -0.325 e. The average Bonchev–Trinajstić information content (AvgIpc) is 3.19. The zero-order chi connectivity index (χ0) is 21.8. The van der Waals surface area contributed by atoms with E-state index < -0.39 is 0 Å². The van der Waals surface area contributed by atoms with Gasteiger partial charge in [0.15, 0.2) is 11.0 Å². The number of anilines is 1. The van der Waals surface area contributed by atoms with Gasteiger partial charge in [-0.3, -0.25) is 9.36 Å². The van der Waals surface area contributed by atoms with E-state index in [1.165, 1.54) is 11.8 Å². The second-order valence-electron chi connectivity index (χ2n) is 6.42. The number of nitrogens with one attached hydrogen (secondary N) is 1. The molecule has 0 aliphatic carbocycles. The molecule has 0 aliphatic heterocycles. The molecule has 3 aromatic carbocycles. The van der Waals surface area contributed by atoms with Gasteiger partial charge in [0, 0.05) is 21.4 Å². The summed E-state index contributed by atoms with van der Waals surface area (Å²) in [5.41, 5.74) is 2.40. The summed E-state index contributed by atoms with van der Waals surface area (Å²) in [5.74, 6) is 0.653. The molecule has 0 saturated carbocycles. The van der Waals surface area contributed by atoms with Crippen LogP contribution in [0.4, 0.5) is 5.69 Å². The smallest absolute Gasteiger partial charge is 0.234 e. The summed E-state index contributed by atoms with van der Waals surface area (Å²) in [5, 5.41) is 13.0. The van der Waals surface area contributed by atoms with E-state index in [0.717, 1.165) is 15.7 Å². The number of benzene rings is 3. The first-order valence-corrected chi connectivity index (χ1v) is 11.7. The fourth-order valence-electron chi connectivity index (χ4n) is 2.89. The zero-order valence-corrected chi connectivity index (χ0v) is 19.8. The SMILES string of the molecule is O=C(CSc1nnc(-c2ccccc2Br)n1-c1ccccc1)Nc1ccc(Cl)c(Cl)c1. The summed E-state index contributed by atoms with van der Waals surface area (Å²) in [4.78, 5) is 12.5. The number of amides is 1. The molecule has 0 atom stereocenters. The van der Waals surface area contributed by atoms with Crippen molar-refractivity contribution in [2.45, 2.75) is 5.16 Å². The first kappa shape index (κ1) is 21.9. The van der Waals surface area contributed by atoms with Crippen molar-refractivity contribution in [3.8, 4) is 17.1 Å². The molecular weight excluding hydrogens is 519 g/mol. The summed E-state index contributed by atoms with van der Waals surface area (Å²) >= 11 is 16.8. The normalized spacial score (nSPS) is 10.8. The van der Waals surface area contributed by atoms with Crippen LogP contribution in [0.2, 0.25) is 10.0 Å². The number of carbonyl (C=O) groups is 1. The first-order valence-electron chi connectivity index (χ1n) is 9.16. The van der Waals surface area contributed by atoms with Crippen LogP contribution in [0.1, 0.15) is 0 Å². The summed E-state index contributed by atoms with van der Waals surface area (Å²) in [6.07, 6.45) is 0. The minimum atomic E-state index is -0.187. The molecule has 1 amide bonds. The van der Waals surface area contributed by atoms with Gasteiger partial charge in [-0.05, 0) is 36.4 Å². The Morgan fingerprint density at radius 2 is 1.71 bits per heavy atom. The molecule has 0 spiro atoms. The summed E-state index contributed by atoms with van der Waals surface area (Å²) < 4.78 is 2.85. The summed E-state index contributed by atoms with van der Waals surface area (Å²) in [7, 11) is 0. The Morgan fingerprint density at radius 3 is 2.45 bits per heavy atom. The quantitative estimate of drug-likeness (QED) is 0.279. The van der Waals surface area contributed by atoms with Crippen molar-refractivity contribution in [3.05, 3.63) is 87.3 Å². The number of rotatable bonds is 6. The van der Waals surface area contributed by atoms with Gasteiger partial charge < -0.3 is 5.32 Å². The van der Waals surface area contributed by atoms with E-state index in [9.17, 15) is 4.79 Å². The van der Waals surface area contributed by atoms with Crippen LogP contribution in [0.3, 0.4) is 0 Å². The van der Waals surface area contributed by atoms with Crippen LogP contribution in [0, 0.1) is 0 Å². The van der Waals surface area contributed by atoms with Gasteiger partial charge in [0.05, 0.1) is 15.8 Å². The van der Waals surface area contributed by atoms with E-state index in [0.29, 0.717) is 26.7 Å². The van der Waals surface area contributed by atoms with Gasteiger partial charge in [-0.1, -0.05) is 87.3 Å². The van der Waals surface area contributed by atoms with Crippen molar-refractivity contribution in [2.75, 3.05) is 11.1 Å². The van der Waals surface area contributed by atoms with Gasteiger partial charge in [0.25, 0.3) is 0 Å². The molecule has 0 aliphatic rings. The number of hydrogen-bond donors (Lipinski definition) is 1. The van der Waals surface area contributed by atoms with Crippen molar-refractivity contribution in [2.24, 2.45) is 0 Å². The molecule has 1 N–H and O–H groups in total. The molecule has 0 saturated heterocycles. The molecule has 1 aromatic heterocycles. The van der Waals surface area contributed by atoms with Crippen molar-refractivity contribution in [3.63, 3.8) is 0 Å². The molecule has 0 unspecified atom stereocenters. The summed E-state index contributed by atoms with van der Waals surface area (Å²) in [6.45, 7) is 0. The maximum absolute atomic E-state index is 12.5. The largest absolute Gasteiger partial charge is 0.325 e. The van der Waals surface area contributed by atoms with Crippen molar-refractivity contribution >= 4 is 62.5 Å². The van der Waals surface area contributed by atoms with Crippen molar-refractivity contribution in [1.29, 1.82) is 0 Å². The van der Waals surface area contributed by atoms with Crippen LogP contribution >= 0.6 is 50.9 Å². The number of thioether (sulfide) groups is 1. The van der Waals surface area contributed by atoms with E-state index in [-0.39, 0.29) is 11.7 Å².